The molecule has 0 aliphatic rings. The summed E-state index contributed by atoms with van der Waals surface area (Å²) >= 11 is 0. The molecule has 0 fully saturated rings. The zero-order valence-electron chi connectivity index (χ0n) is 15.2. The highest BCUT2D eigenvalue weighted by atomic mass is 16.5. The van der Waals surface area contributed by atoms with Gasteiger partial charge in [0.15, 0.2) is 0 Å². The molecule has 27 heavy (non-hydrogen) atoms. The van der Waals surface area contributed by atoms with Crippen LogP contribution < -0.4 is 14.8 Å². The van der Waals surface area contributed by atoms with Crippen molar-refractivity contribution in [1.29, 1.82) is 0 Å². The molecule has 0 saturated carbocycles. The van der Waals surface area contributed by atoms with Gasteiger partial charge in [0.2, 0.25) is 5.91 Å². The van der Waals surface area contributed by atoms with Crippen LogP contribution in [0.25, 0.3) is 0 Å². The molecule has 1 amide bonds. The maximum atomic E-state index is 12.8. The molecule has 1 unspecified atom stereocenters. The molecule has 1 N–H and O–H groups in total. The van der Waals surface area contributed by atoms with Gasteiger partial charge in [-0.1, -0.05) is 36.4 Å². The van der Waals surface area contributed by atoms with Gasteiger partial charge in [-0.3, -0.25) is 9.78 Å². The molecule has 0 bridgehead atoms. The second-order valence-electron chi connectivity index (χ2n) is 5.91. The van der Waals surface area contributed by atoms with Gasteiger partial charge in [-0.05, 0) is 42.0 Å². The molecule has 138 valence electrons. The van der Waals surface area contributed by atoms with Crippen LogP contribution in [0.1, 0.15) is 17.2 Å². The Balaban J connectivity index is 1.59. The Morgan fingerprint density at radius 1 is 0.963 bits per heavy atom. The van der Waals surface area contributed by atoms with E-state index in [1.807, 2.05) is 72.8 Å². The number of rotatable bonds is 8. The number of ether oxygens (including phenoxy) is 2. The van der Waals surface area contributed by atoms with Crippen LogP contribution >= 0.6 is 0 Å². The van der Waals surface area contributed by atoms with E-state index in [1.54, 1.807) is 13.3 Å². The monoisotopic (exact) mass is 362 g/mol. The number of amides is 1. The van der Waals surface area contributed by atoms with Crippen molar-refractivity contribution in [2.24, 2.45) is 0 Å². The number of carbonyl (C=O) groups excluding carboxylic acids is 1. The molecule has 1 aromatic heterocycles. The van der Waals surface area contributed by atoms with Crippen molar-refractivity contribution in [3.05, 3.63) is 90.3 Å². The third-order valence-electron chi connectivity index (χ3n) is 4.11. The van der Waals surface area contributed by atoms with Crippen LogP contribution in [0.2, 0.25) is 0 Å². The topological polar surface area (TPSA) is 60.5 Å². The third kappa shape index (κ3) is 5.07. The molecule has 1 heterocycles. The summed E-state index contributed by atoms with van der Waals surface area (Å²) in [6, 6.07) is 22.6. The lowest BCUT2D eigenvalue weighted by Gasteiger charge is -2.17. The van der Waals surface area contributed by atoms with E-state index in [2.05, 4.69) is 10.3 Å². The van der Waals surface area contributed by atoms with Crippen LogP contribution in [0, 0.1) is 0 Å². The van der Waals surface area contributed by atoms with Crippen LogP contribution in [0.4, 0.5) is 0 Å². The first-order valence-corrected chi connectivity index (χ1v) is 8.78. The van der Waals surface area contributed by atoms with Crippen LogP contribution in [-0.2, 0) is 4.79 Å². The Morgan fingerprint density at radius 2 is 1.67 bits per heavy atom. The molecule has 2 aromatic carbocycles. The summed E-state index contributed by atoms with van der Waals surface area (Å²) in [5, 5.41) is 2.94. The maximum absolute atomic E-state index is 12.8. The number of aromatic nitrogens is 1. The highest BCUT2D eigenvalue weighted by molar-refractivity contribution is 5.86. The summed E-state index contributed by atoms with van der Waals surface area (Å²) in [6.07, 6.45) is 1.70. The SMILES string of the molecule is COc1ccc(OCCNC(=O)C(c2ccccc2)c2ccccn2)cc1. The number of hydrogen-bond acceptors (Lipinski definition) is 4. The lowest BCUT2D eigenvalue weighted by atomic mass is 9.94. The second-order valence-corrected chi connectivity index (χ2v) is 5.91. The fourth-order valence-electron chi connectivity index (χ4n) is 2.77. The minimum absolute atomic E-state index is 0.0989. The highest BCUT2D eigenvalue weighted by Gasteiger charge is 2.23. The van der Waals surface area contributed by atoms with Gasteiger partial charge >= 0.3 is 0 Å². The van der Waals surface area contributed by atoms with E-state index >= 15 is 0 Å². The highest BCUT2D eigenvalue weighted by Crippen LogP contribution is 2.23. The Kier molecular flexibility index (Phi) is 6.41. The molecule has 0 aliphatic carbocycles. The largest absolute Gasteiger partial charge is 0.497 e. The van der Waals surface area contributed by atoms with E-state index in [9.17, 15) is 4.79 Å². The van der Waals surface area contributed by atoms with Crippen molar-refractivity contribution < 1.29 is 14.3 Å². The zero-order chi connectivity index (χ0) is 18.9. The van der Waals surface area contributed by atoms with E-state index in [0.717, 1.165) is 22.8 Å². The van der Waals surface area contributed by atoms with Gasteiger partial charge in [-0.25, -0.2) is 0 Å². The number of hydrogen-bond donors (Lipinski definition) is 1. The van der Waals surface area contributed by atoms with Crippen molar-refractivity contribution in [3.63, 3.8) is 0 Å². The Hall–Kier alpha value is -3.34. The van der Waals surface area contributed by atoms with Gasteiger partial charge in [0, 0.05) is 6.20 Å². The van der Waals surface area contributed by atoms with Gasteiger partial charge in [-0.2, -0.15) is 0 Å². The summed E-state index contributed by atoms with van der Waals surface area (Å²) in [5.74, 6) is 0.956. The lowest BCUT2D eigenvalue weighted by Crippen LogP contribution is -2.33. The Morgan fingerprint density at radius 3 is 2.33 bits per heavy atom. The van der Waals surface area contributed by atoms with E-state index in [0.29, 0.717) is 13.2 Å². The molecule has 0 spiro atoms. The van der Waals surface area contributed by atoms with E-state index in [-0.39, 0.29) is 5.91 Å². The molecule has 5 nitrogen and oxygen atoms in total. The first kappa shape index (κ1) is 18.5. The predicted molar refractivity (Wildman–Crippen MR) is 104 cm³/mol. The summed E-state index contributed by atoms with van der Waals surface area (Å²) in [4.78, 5) is 17.2. The molecule has 1 atom stereocenters. The van der Waals surface area contributed by atoms with Crippen molar-refractivity contribution in [3.8, 4) is 11.5 Å². The zero-order valence-corrected chi connectivity index (χ0v) is 15.2. The first-order chi connectivity index (χ1) is 13.3. The average Bonchev–Trinajstić information content (AvgIpc) is 2.73. The van der Waals surface area contributed by atoms with Crippen molar-refractivity contribution in [1.82, 2.24) is 10.3 Å². The van der Waals surface area contributed by atoms with Gasteiger partial charge in [0.1, 0.15) is 24.0 Å². The summed E-state index contributed by atoms with van der Waals surface area (Å²) < 4.78 is 10.8. The second kappa shape index (κ2) is 9.38. The molecule has 0 saturated heterocycles. The molecule has 0 aliphatic heterocycles. The minimum Gasteiger partial charge on any atom is -0.497 e. The van der Waals surface area contributed by atoms with E-state index in [1.165, 1.54) is 0 Å². The normalized spacial score (nSPS) is 11.4. The van der Waals surface area contributed by atoms with E-state index < -0.39 is 5.92 Å². The van der Waals surface area contributed by atoms with Gasteiger partial charge in [0.05, 0.1) is 19.3 Å². The summed E-state index contributed by atoms with van der Waals surface area (Å²) in [7, 11) is 1.62. The summed E-state index contributed by atoms with van der Waals surface area (Å²) in [6.45, 7) is 0.781. The number of methoxy groups -OCH3 is 1. The van der Waals surface area contributed by atoms with Gasteiger partial charge < -0.3 is 14.8 Å². The van der Waals surface area contributed by atoms with Crippen molar-refractivity contribution >= 4 is 5.91 Å². The molecule has 5 heteroatoms. The fourth-order valence-corrected chi connectivity index (χ4v) is 2.77. The minimum atomic E-state index is -0.451. The quantitative estimate of drug-likeness (QED) is 0.624. The number of carbonyl (C=O) groups is 1. The van der Waals surface area contributed by atoms with E-state index in [4.69, 9.17) is 9.47 Å². The van der Waals surface area contributed by atoms with Gasteiger partial charge in [-0.15, -0.1) is 0 Å². The van der Waals surface area contributed by atoms with Crippen LogP contribution in [-0.4, -0.2) is 31.2 Å². The van der Waals surface area contributed by atoms with Crippen LogP contribution in [0.5, 0.6) is 11.5 Å². The Bertz CT molecular complexity index is 797. The smallest absolute Gasteiger partial charge is 0.233 e. The molecule has 3 rings (SSSR count). The maximum Gasteiger partial charge on any atom is 0.233 e. The molecular formula is C22H22N2O3. The average molecular weight is 362 g/mol. The number of nitrogens with one attached hydrogen (secondary N) is 1. The van der Waals surface area contributed by atoms with Crippen LogP contribution in [0.15, 0.2) is 79.0 Å². The Labute approximate surface area is 159 Å². The molecule has 3 aromatic rings. The third-order valence-corrected chi connectivity index (χ3v) is 4.11. The molecular weight excluding hydrogens is 340 g/mol. The van der Waals surface area contributed by atoms with Gasteiger partial charge in [0.25, 0.3) is 0 Å². The van der Waals surface area contributed by atoms with Crippen molar-refractivity contribution in [2.75, 3.05) is 20.3 Å². The number of benzene rings is 2. The lowest BCUT2D eigenvalue weighted by molar-refractivity contribution is -0.121. The van der Waals surface area contributed by atoms with Crippen LogP contribution in [0.3, 0.4) is 0 Å². The van der Waals surface area contributed by atoms with Crippen molar-refractivity contribution in [2.45, 2.75) is 5.92 Å². The number of pyridine rings is 1. The standard InChI is InChI=1S/C22H22N2O3/c1-26-18-10-12-19(13-11-18)27-16-15-24-22(25)21(17-7-3-2-4-8-17)20-9-5-6-14-23-20/h2-14,21H,15-16H2,1H3,(H,24,25). The fraction of sp³-hybridized carbons (Fsp3) is 0.182. The summed E-state index contributed by atoms with van der Waals surface area (Å²) in [5.41, 5.74) is 1.63. The predicted octanol–water partition coefficient (Wildman–Crippen LogP) is 3.42. The number of nitrogens with zero attached hydrogens (tertiary/aromatic N) is 1. The first-order valence-electron chi connectivity index (χ1n) is 8.78. The molecule has 0 radical (unpaired) electrons.